The summed E-state index contributed by atoms with van der Waals surface area (Å²) in [5.41, 5.74) is 0.745. The molecule has 3 aromatic rings. The average Bonchev–Trinajstić information content (AvgIpc) is 2.87. The number of ketones is 1. The fourth-order valence-electron chi connectivity index (χ4n) is 4.25. The number of aromatic hydroxyl groups is 3. The van der Waals surface area contributed by atoms with Gasteiger partial charge in [0, 0.05) is 11.1 Å². The van der Waals surface area contributed by atoms with Crippen molar-refractivity contribution in [3.63, 3.8) is 0 Å². The van der Waals surface area contributed by atoms with Crippen LogP contribution >= 0.6 is 0 Å². The second-order valence-corrected chi connectivity index (χ2v) is 8.16. The van der Waals surface area contributed by atoms with Crippen molar-refractivity contribution < 1.29 is 49.3 Å². The normalized spacial score (nSPS) is 22.8. The topological polar surface area (TPSA) is 155 Å². The van der Waals surface area contributed by atoms with Gasteiger partial charge in [-0.15, -0.1) is 0 Å². The number of carbonyl (C=O) groups is 1. The zero-order chi connectivity index (χ0) is 24.9. The highest BCUT2D eigenvalue weighted by atomic mass is 16.6. The average molecular weight is 482 g/mol. The van der Waals surface area contributed by atoms with Crippen molar-refractivity contribution in [2.24, 2.45) is 0 Å². The van der Waals surface area contributed by atoms with Crippen LogP contribution in [-0.2, 0) is 4.79 Å². The summed E-state index contributed by atoms with van der Waals surface area (Å²) < 4.78 is 23.0. The standard InChI is InChI=1S/C25H22O10/c1-32-17-8-11(2-4-13(17)27)24-19(10-26)33-15-6-3-12(9-18(15)35-24)25-23(31)22(30)20-16(34-25)7-5-14(28)21(20)29/h2-9,19,22,24-30H,10H2,1H3. The lowest BCUT2D eigenvalue weighted by molar-refractivity contribution is -0.137. The quantitative estimate of drug-likeness (QED) is 0.350. The molecule has 0 radical (unpaired) electrons. The van der Waals surface area contributed by atoms with Crippen molar-refractivity contribution in [1.29, 1.82) is 0 Å². The predicted octanol–water partition coefficient (Wildman–Crippen LogP) is 2.42. The summed E-state index contributed by atoms with van der Waals surface area (Å²) in [4.78, 5) is 12.9. The Morgan fingerprint density at radius 1 is 0.857 bits per heavy atom. The maximum Gasteiger partial charge on any atom is 0.211 e. The Kier molecular flexibility index (Phi) is 5.54. The van der Waals surface area contributed by atoms with Gasteiger partial charge in [0.25, 0.3) is 0 Å². The number of fused-ring (bicyclic) bond motifs is 2. The van der Waals surface area contributed by atoms with Gasteiger partial charge in [-0.25, -0.2) is 0 Å². The number of phenolic OH excluding ortho intramolecular Hbond substituents is 3. The van der Waals surface area contributed by atoms with Crippen molar-refractivity contribution in [2.45, 2.75) is 24.4 Å². The molecule has 0 spiro atoms. The first-order valence-corrected chi connectivity index (χ1v) is 10.7. The Morgan fingerprint density at radius 3 is 2.31 bits per heavy atom. The summed E-state index contributed by atoms with van der Waals surface area (Å²) in [5.74, 6) is -0.993. The van der Waals surface area contributed by atoms with Crippen molar-refractivity contribution in [3.05, 3.63) is 65.2 Å². The molecule has 0 saturated heterocycles. The molecule has 2 heterocycles. The minimum Gasteiger partial charge on any atom is -0.504 e. The third-order valence-corrected chi connectivity index (χ3v) is 6.05. The number of phenols is 3. The van der Waals surface area contributed by atoms with Crippen molar-refractivity contribution in [3.8, 4) is 40.2 Å². The smallest absolute Gasteiger partial charge is 0.211 e. The molecule has 0 amide bonds. The highest BCUT2D eigenvalue weighted by Gasteiger charge is 2.40. The maximum atomic E-state index is 12.9. The highest BCUT2D eigenvalue weighted by Crippen LogP contribution is 2.48. The molecule has 0 aromatic heterocycles. The molecule has 0 saturated carbocycles. The molecule has 10 nitrogen and oxygen atoms in total. The van der Waals surface area contributed by atoms with Gasteiger partial charge in [0.1, 0.15) is 11.9 Å². The summed E-state index contributed by atoms with van der Waals surface area (Å²) in [6.07, 6.45) is -4.43. The number of carbonyl (C=O) groups excluding carboxylic acids is 1. The van der Waals surface area contributed by atoms with Crippen molar-refractivity contribution in [1.82, 2.24) is 0 Å². The van der Waals surface area contributed by atoms with E-state index in [1.54, 1.807) is 24.3 Å². The molecule has 4 unspecified atom stereocenters. The predicted molar refractivity (Wildman–Crippen MR) is 119 cm³/mol. The molecule has 10 heteroatoms. The van der Waals surface area contributed by atoms with Gasteiger partial charge in [0.15, 0.2) is 52.8 Å². The van der Waals surface area contributed by atoms with Crippen LogP contribution in [0.4, 0.5) is 0 Å². The van der Waals surface area contributed by atoms with E-state index in [1.807, 2.05) is 0 Å². The number of methoxy groups -OCH3 is 1. The van der Waals surface area contributed by atoms with Crippen LogP contribution in [0.1, 0.15) is 35.0 Å². The fraction of sp³-hybridized carbons (Fsp3) is 0.240. The van der Waals surface area contributed by atoms with Crippen molar-refractivity contribution >= 4 is 5.78 Å². The molecule has 5 rings (SSSR count). The third-order valence-electron chi connectivity index (χ3n) is 6.05. The zero-order valence-corrected chi connectivity index (χ0v) is 18.4. The summed E-state index contributed by atoms with van der Waals surface area (Å²) >= 11 is 0. The first-order valence-electron chi connectivity index (χ1n) is 10.7. The van der Waals surface area contributed by atoms with Gasteiger partial charge in [0.05, 0.1) is 19.3 Å². The van der Waals surface area contributed by atoms with Crippen LogP contribution < -0.4 is 18.9 Å². The molecule has 0 bridgehead atoms. The lowest BCUT2D eigenvalue weighted by Crippen LogP contribution is -2.36. The molecule has 3 aromatic carbocycles. The number of aliphatic hydroxyl groups is 2. The molecule has 4 atom stereocenters. The minimum atomic E-state index is -1.71. The number of ether oxygens (including phenoxy) is 4. The van der Waals surface area contributed by atoms with E-state index in [9.17, 15) is 30.3 Å². The fourth-order valence-corrected chi connectivity index (χ4v) is 4.25. The number of rotatable bonds is 4. The van der Waals surface area contributed by atoms with E-state index >= 15 is 0 Å². The lowest BCUT2D eigenvalue weighted by atomic mass is 9.92. The number of hydrogen-bond donors (Lipinski definition) is 5. The van der Waals surface area contributed by atoms with E-state index in [0.29, 0.717) is 16.9 Å². The van der Waals surface area contributed by atoms with Crippen molar-refractivity contribution in [2.75, 3.05) is 13.7 Å². The van der Waals surface area contributed by atoms with E-state index in [2.05, 4.69) is 0 Å². The summed E-state index contributed by atoms with van der Waals surface area (Å²) in [7, 11) is 1.41. The van der Waals surface area contributed by atoms with E-state index in [-0.39, 0.29) is 35.2 Å². The molecule has 2 aliphatic rings. The molecule has 35 heavy (non-hydrogen) atoms. The Labute approximate surface area is 199 Å². The second kappa shape index (κ2) is 8.57. The lowest BCUT2D eigenvalue weighted by Gasteiger charge is -2.34. The zero-order valence-electron chi connectivity index (χ0n) is 18.4. The molecule has 2 aliphatic heterocycles. The first kappa shape index (κ1) is 22.6. The van der Waals surface area contributed by atoms with E-state index in [1.165, 1.54) is 31.4 Å². The van der Waals surface area contributed by atoms with Crippen LogP contribution in [-0.4, -0.2) is 51.1 Å². The van der Waals surface area contributed by atoms with Gasteiger partial charge in [-0.3, -0.25) is 4.79 Å². The van der Waals surface area contributed by atoms with Crippen LogP contribution in [0.25, 0.3) is 0 Å². The molecular formula is C25H22O10. The Hall–Kier alpha value is -4.15. The van der Waals surface area contributed by atoms with Crippen LogP contribution in [0.3, 0.4) is 0 Å². The SMILES string of the molecule is COc1cc(C2Oc3cc(C4Oc5ccc(O)c(O)c5C(O)C4=O)ccc3OC2CO)ccc1O. The second-order valence-electron chi connectivity index (χ2n) is 8.16. The molecular weight excluding hydrogens is 460 g/mol. The Bertz CT molecular complexity index is 1300. The highest BCUT2D eigenvalue weighted by molar-refractivity contribution is 5.92. The van der Waals surface area contributed by atoms with Gasteiger partial charge in [-0.2, -0.15) is 0 Å². The number of benzene rings is 3. The molecule has 0 fully saturated rings. The van der Waals surface area contributed by atoms with Gasteiger partial charge in [0.2, 0.25) is 5.78 Å². The minimum absolute atomic E-state index is 0.0534. The van der Waals surface area contributed by atoms with Gasteiger partial charge >= 0.3 is 0 Å². The Balaban J connectivity index is 1.49. The molecule has 0 aliphatic carbocycles. The number of Topliss-reactive ketones (excluding diaryl/α,β-unsaturated/α-hetero) is 1. The first-order chi connectivity index (χ1) is 16.8. The third kappa shape index (κ3) is 3.72. The van der Waals surface area contributed by atoms with E-state index < -0.39 is 41.7 Å². The Morgan fingerprint density at radius 2 is 1.57 bits per heavy atom. The summed E-state index contributed by atoms with van der Waals surface area (Å²) in [6.45, 7) is -0.349. The van der Waals surface area contributed by atoms with Gasteiger partial charge in [-0.05, 0) is 36.4 Å². The van der Waals surface area contributed by atoms with Crippen LogP contribution in [0.2, 0.25) is 0 Å². The number of aliphatic hydroxyl groups excluding tert-OH is 2. The van der Waals surface area contributed by atoms with Gasteiger partial charge in [-0.1, -0.05) is 12.1 Å². The van der Waals surface area contributed by atoms with Crippen LogP contribution in [0.5, 0.6) is 40.2 Å². The number of hydrogen-bond acceptors (Lipinski definition) is 10. The van der Waals surface area contributed by atoms with Gasteiger partial charge < -0.3 is 44.5 Å². The maximum absolute atomic E-state index is 12.9. The summed E-state index contributed by atoms with van der Waals surface area (Å²) in [6, 6.07) is 11.9. The van der Waals surface area contributed by atoms with Crippen LogP contribution in [0.15, 0.2) is 48.5 Å². The molecule has 182 valence electrons. The largest absolute Gasteiger partial charge is 0.504 e. The van der Waals surface area contributed by atoms with E-state index in [4.69, 9.17) is 18.9 Å². The van der Waals surface area contributed by atoms with Crippen LogP contribution in [0, 0.1) is 0 Å². The molecule has 5 N–H and O–H groups in total. The van der Waals surface area contributed by atoms with E-state index in [0.717, 1.165) is 0 Å². The summed E-state index contributed by atoms with van der Waals surface area (Å²) in [5, 5.41) is 50.1. The monoisotopic (exact) mass is 482 g/mol.